The van der Waals surface area contributed by atoms with Crippen LogP contribution in [0.2, 0.25) is 0 Å². The Hall–Kier alpha value is -3.88. The van der Waals surface area contributed by atoms with Crippen LogP contribution >= 0.6 is 0 Å². The number of hydrogen-bond donors (Lipinski definition) is 3. The third-order valence-electron chi connectivity index (χ3n) is 6.05. The van der Waals surface area contributed by atoms with Crippen LogP contribution in [0.1, 0.15) is 18.4 Å². The number of urea groups is 1. The maximum absolute atomic E-state index is 13.4. The number of benzene rings is 2. The Kier molecular flexibility index (Phi) is 6.58. The van der Waals surface area contributed by atoms with Gasteiger partial charge in [-0.25, -0.2) is 4.79 Å². The number of para-hydroxylation sites is 2. The number of nitrogens with one attached hydrogen (secondary N) is 2. The molecule has 0 aromatic heterocycles. The second-order valence-corrected chi connectivity index (χ2v) is 8.28. The minimum absolute atomic E-state index is 0.154. The highest BCUT2D eigenvalue weighted by molar-refractivity contribution is 6.10. The lowest BCUT2D eigenvalue weighted by Gasteiger charge is -2.34. The van der Waals surface area contributed by atoms with Crippen molar-refractivity contribution in [1.82, 2.24) is 10.2 Å². The minimum atomic E-state index is -0.849. The van der Waals surface area contributed by atoms with Crippen LogP contribution in [0.25, 0.3) is 0 Å². The summed E-state index contributed by atoms with van der Waals surface area (Å²) in [6, 6.07) is 15.0. The van der Waals surface area contributed by atoms with Crippen LogP contribution in [-0.2, 0) is 20.8 Å². The van der Waals surface area contributed by atoms with Gasteiger partial charge in [0.25, 0.3) is 0 Å². The number of rotatable bonds is 5. The van der Waals surface area contributed by atoms with E-state index in [0.29, 0.717) is 37.3 Å². The molecule has 0 saturated carbocycles. The van der Waals surface area contributed by atoms with E-state index in [4.69, 9.17) is 0 Å². The van der Waals surface area contributed by atoms with Crippen molar-refractivity contribution in [3.8, 4) is 0 Å². The summed E-state index contributed by atoms with van der Waals surface area (Å²) in [5, 5.41) is 14.8. The van der Waals surface area contributed by atoms with Gasteiger partial charge < -0.3 is 20.6 Å². The van der Waals surface area contributed by atoms with E-state index in [2.05, 4.69) is 10.6 Å². The highest BCUT2D eigenvalue weighted by atomic mass is 16.4. The van der Waals surface area contributed by atoms with Crippen LogP contribution in [0, 0.1) is 5.92 Å². The first kappa shape index (κ1) is 22.3. The lowest BCUT2D eigenvalue weighted by Crippen LogP contribution is -2.56. The molecule has 0 bridgehead atoms. The summed E-state index contributed by atoms with van der Waals surface area (Å²) < 4.78 is 0. The Morgan fingerprint density at radius 2 is 1.70 bits per heavy atom. The van der Waals surface area contributed by atoms with Crippen LogP contribution in [0.3, 0.4) is 0 Å². The molecule has 0 radical (unpaired) electrons. The molecule has 1 atom stereocenters. The number of nitrogens with zero attached hydrogens (tertiary/aromatic N) is 2. The summed E-state index contributed by atoms with van der Waals surface area (Å²) in [4.78, 5) is 52.9. The zero-order chi connectivity index (χ0) is 23.4. The smallest absolute Gasteiger partial charge is 0.323 e. The highest BCUT2D eigenvalue weighted by Gasteiger charge is 2.34. The van der Waals surface area contributed by atoms with Gasteiger partial charge in [-0.15, -0.1) is 0 Å². The molecule has 9 nitrogen and oxygen atoms in total. The van der Waals surface area contributed by atoms with Gasteiger partial charge in [0.15, 0.2) is 0 Å². The summed E-state index contributed by atoms with van der Waals surface area (Å²) in [5.74, 6) is -1.88. The van der Waals surface area contributed by atoms with Gasteiger partial charge in [-0.1, -0.05) is 42.5 Å². The maximum atomic E-state index is 13.4. The third-order valence-corrected chi connectivity index (χ3v) is 6.05. The molecule has 2 aliphatic rings. The van der Waals surface area contributed by atoms with E-state index < -0.39 is 24.0 Å². The summed E-state index contributed by atoms with van der Waals surface area (Å²) in [6.45, 7) is 0.497. The molecule has 3 N–H and O–H groups in total. The van der Waals surface area contributed by atoms with Gasteiger partial charge in [0.2, 0.25) is 11.8 Å². The number of anilines is 2. The van der Waals surface area contributed by atoms with Crippen molar-refractivity contribution < 1.29 is 24.3 Å². The zero-order valence-corrected chi connectivity index (χ0v) is 18.1. The van der Waals surface area contributed by atoms with E-state index in [1.165, 1.54) is 4.90 Å². The van der Waals surface area contributed by atoms with Gasteiger partial charge in [-0.3, -0.25) is 19.3 Å². The monoisotopic (exact) mass is 450 g/mol. The van der Waals surface area contributed by atoms with Gasteiger partial charge in [-0.2, -0.15) is 0 Å². The van der Waals surface area contributed by atoms with E-state index in [1.54, 1.807) is 29.2 Å². The molecule has 33 heavy (non-hydrogen) atoms. The Bertz CT molecular complexity index is 1050. The van der Waals surface area contributed by atoms with E-state index in [9.17, 15) is 24.3 Å². The molecule has 0 unspecified atom stereocenters. The number of carbonyl (C=O) groups excluding carboxylic acids is 3. The van der Waals surface area contributed by atoms with Crippen molar-refractivity contribution >= 4 is 35.2 Å². The average Bonchev–Trinajstić information content (AvgIpc) is 2.83. The number of fused-ring (bicyclic) bond motifs is 1. The molecular weight excluding hydrogens is 424 g/mol. The van der Waals surface area contributed by atoms with Crippen molar-refractivity contribution in [3.05, 3.63) is 60.2 Å². The summed E-state index contributed by atoms with van der Waals surface area (Å²) in [7, 11) is 0. The Morgan fingerprint density at radius 1 is 1.03 bits per heavy atom. The average molecular weight is 450 g/mol. The fourth-order valence-electron chi connectivity index (χ4n) is 4.26. The number of aliphatic carboxylic acids is 1. The summed E-state index contributed by atoms with van der Waals surface area (Å²) in [6.07, 6.45) is 1.05. The Balaban J connectivity index is 1.53. The molecule has 2 heterocycles. The van der Waals surface area contributed by atoms with Gasteiger partial charge in [0.1, 0.15) is 12.6 Å². The second-order valence-electron chi connectivity index (χ2n) is 8.28. The van der Waals surface area contributed by atoms with Gasteiger partial charge in [0.05, 0.1) is 17.3 Å². The van der Waals surface area contributed by atoms with Crippen molar-refractivity contribution in [2.75, 3.05) is 29.9 Å². The Morgan fingerprint density at radius 3 is 2.39 bits per heavy atom. The molecule has 2 aromatic carbocycles. The number of likely N-dealkylation sites (tertiary alicyclic amines) is 1. The van der Waals surface area contributed by atoms with Gasteiger partial charge in [-0.05, 0) is 30.5 Å². The first-order valence-electron chi connectivity index (χ1n) is 10.9. The van der Waals surface area contributed by atoms with Crippen molar-refractivity contribution in [1.29, 1.82) is 0 Å². The molecule has 172 valence electrons. The molecule has 9 heteroatoms. The predicted molar refractivity (Wildman–Crippen MR) is 122 cm³/mol. The summed E-state index contributed by atoms with van der Waals surface area (Å²) >= 11 is 0. The van der Waals surface area contributed by atoms with Crippen molar-refractivity contribution in [2.24, 2.45) is 5.92 Å². The lowest BCUT2D eigenvalue weighted by molar-refractivity contribution is -0.146. The van der Waals surface area contributed by atoms with Crippen LogP contribution in [0.4, 0.5) is 16.2 Å². The molecule has 4 rings (SSSR count). The number of hydrogen-bond acceptors (Lipinski definition) is 4. The van der Waals surface area contributed by atoms with E-state index in [-0.39, 0.29) is 24.8 Å². The minimum Gasteiger partial charge on any atom is -0.481 e. The third kappa shape index (κ3) is 5.14. The van der Waals surface area contributed by atoms with Crippen molar-refractivity contribution in [2.45, 2.75) is 25.3 Å². The van der Waals surface area contributed by atoms with Gasteiger partial charge >= 0.3 is 12.0 Å². The standard InChI is InChI=1S/C24H26N4O5/c29-21-15-28(20-9-5-4-8-18(20)25-21)24(33)26-19(14-16-6-2-1-3-7-16)22(30)27-12-10-17(11-13-27)23(31)32/h1-9,17,19H,10-15H2,(H,25,29)(H,26,33)(H,31,32)/t19-/m0/s1. The Labute approximate surface area is 191 Å². The van der Waals surface area contributed by atoms with Crippen LogP contribution in [0.5, 0.6) is 0 Å². The lowest BCUT2D eigenvalue weighted by atomic mass is 9.96. The molecule has 4 amide bonds. The van der Waals surface area contributed by atoms with E-state index in [1.807, 2.05) is 30.3 Å². The SMILES string of the molecule is O=C1CN(C(=O)N[C@@H](Cc2ccccc2)C(=O)N2CCC(C(=O)O)CC2)c2ccccc2N1. The molecule has 2 aliphatic heterocycles. The summed E-state index contributed by atoms with van der Waals surface area (Å²) in [5.41, 5.74) is 1.97. The zero-order valence-electron chi connectivity index (χ0n) is 18.1. The molecule has 1 saturated heterocycles. The molecule has 1 fully saturated rings. The number of amides is 4. The van der Waals surface area contributed by atoms with Crippen LogP contribution in [0.15, 0.2) is 54.6 Å². The number of carboxylic acids is 1. The number of piperidine rings is 1. The second kappa shape index (κ2) is 9.72. The maximum Gasteiger partial charge on any atom is 0.323 e. The first-order valence-corrected chi connectivity index (χ1v) is 10.9. The van der Waals surface area contributed by atoms with Crippen LogP contribution in [-0.4, -0.2) is 59.5 Å². The first-order chi connectivity index (χ1) is 15.9. The molecule has 0 spiro atoms. The largest absolute Gasteiger partial charge is 0.481 e. The fraction of sp³-hybridized carbons (Fsp3) is 0.333. The predicted octanol–water partition coefficient (Wildman–Crippen LogP) is 2.09. The van der Waals surface area contributed by atoms with E-state index in [0.717, 1.165) is 5.56 Å². The molecular formula is C24H26N4O5. The van der Waals surface area contributed by atoms with Crippen molar-refractivity contribution in [3.63, 3.8) is 0 Å². The van der Waals surface area contributed by atoms with Gasteiger partial charge in [0, 0.05) is 19.5 Å². The quantitative estimate of drug-likeness (QED) is 0.645. The van der Waals surface area contributed by atoms with Crippen LogP contribution < -0.4 is 15.5 Å². The normalized spacial score (nSPS) is 17.0. The van der Waals surface area contributed by atoms with E-state index >= 15 is 0 Å². The number of carboxylic acid groups (broad SMARTS) is 1. The fourth-order valence-corrected chi connectivity index (χ4v) is 4.26. The topological polar surface area (TPSA) is 119 Å². The molecule has 2 aromatic rings. The number of carbonyl (C=O) groups is 4. The molecule has 0 aliphatic carbocycles. The highest BCUT2D eigenvalue weighted by Crippen LogP contribution is 2.29.